The third-order valence-electron chi connectivity index (χ3n) is 10.1. The molecule has 3 fully saturated rings. The molecule has 5 aliphatic rings. The highest BCUT2D eigenvalue weighted by molar-refractivity contribution is 5.88. The number of hydrogen-bond donors (Lipinski definition) is 2. The molecule has 2 N–H and O–H groups in total. The lowest BCUT2D eigenvalue weighted by molar-refractivity contribution is -0.313. The lowest BCUT2D eigenvalue weighted by Crippen LogP contribution is -2.59. The van der Waals surface area contributed by atoms with E-state index >= 15 is 0 Å². The van der Waals surface area contributed by atoms with Crippen molar-refractivity contribution in [3.8, 4) is 0 Å². The summed E-state index contributed by atoms with van der Waals surface area (Å²) in [4.78, 5) is 19.4. The molecular formula is C37H53NO8. The zero-order valence-electron chi connectivity index (χ0n) is 28.7. The fraction of sp³-hybridized carbons (Fsp3) is 0.676. The molecule has 4 heterocycles. The summed E-state index contributed by atoms with van der Waals surface area (Å²) in [5, 5.41) is 27.6. The minimum atomic E-state index is -1.74. The first kappa shape index (κ1) is 34.8. The van der Waals surface area contributed by atoms with Gasteiger partial charge in [-0.25, -0.2) is 0 Å². The number of aliphatic hydroxyl groups is 2. The molecule has 2 bridgehead atoms. The molecule has 10 atom stereocenters. The number of fused-ring (bicyclic) bond motifs is 2. The summed E-state index contributed by atoms with van der Waals surface area (Å²) in [6.07, 6.45) is 11.4. The van der Waals surface area contributed by atoms with E-state index in [0.29, 0.717) is 42.7 Å². The van der Waals surface area contributed by atoms with Gasteiger partial charge in [-0.2, -0.15) is 0 Å². The van der Waals surface area contributed by atoms with E-state index in [1.807, 2.05) is 12.2 Å². The normalized spacial score (nSPS) is 41.5. The van der Waals surface area contributed by atoms with Crippen molar-refractivity contribution >= 4 is 11.7 Å². The zero-order valence-corrected chi connectivity index (χ0v) is 28.7. The van der Waals surface area contributed by atoms with E-state index in [0.717, 1.165) is 17.7 Å². The van der Waals surface area contributed by atoms with Crippen LogP contribution in [0.5, 0.6) is 0 Å². The maximum absolute atomic E-state index is 14.2. The summed E-state index contributed by atoms with van der Waals surface area (Å²) in [6.45, 7) is 14.6. The Bertz CT molecular complexity index is 1340. The van der Waals surface area contributed by atoms with E-state index in [9.17, 15) is 15.0 Å². The van der Waals surface area contributed by atoms with Crippen LogP contribution in [0.2, 0.25) is 0 Å². The molecule has 0 aromatic rings. The van der Waals surface area contributed by atoms with Crippen molar-refractivity contribution in [3.05, 3.63) is 58.7 Å². The lowest BCUT2D eigenvalue weighted by Gasteiger charge is -2.50. The van der Waals surface area contributed by atoms with Crippen molar-refractivity contribution in [3.63, 3.8) is 0 Å². The molecule has 254 valence electrons. The predicted octanol–water partition coefficient (Wildman–Crippen LogP) is 5.73. The van der Waals surface area contributed by atoms with Gasteiger partial charge in [0.15, 0.2) is 5.79 Å². The highest BCUT2D eigenvalue weighted by Crippen LogP contribution is 2.47. The fourth-order valence-corrected chi connectivity index (χ4v) is 7.94. The third-order valence-corrected chi connectivity index (χ3v) is 10.1. The van der Waals surface area contributed by atoms with Gasteiger partial charge in [0, 0.05) is 25.2 Å². The number of nitrogens with zero attached hydrogens (tertiary/aromatic N) is 1. The number of aliphatic hydroxyl groups excluding tert-OH is 1. The Balaban J connectivity index is 1.55. The molecule has 1 spiro atoms. The monoisotopic (exact) mass is 639 g/mol. The summed E-state index contributed by atoms with van der Waals surface area (Å²) >= 11 is 0. The summed E-state index contributed by atoms with van der Waals surface area (Å²) in [6, 6.07) is 0. The molecule has 0 aromatic carbocycles. The molecule has 0 radical (unpaired) electrons. The van der Waals surface area contributed by atoms with Crippen LogP contribution in [0.25, 0.3) is 0 Å². The minimum absolute atomic E-state index is 0.0340. The number of oxime groups is 1. The number of esters is 1. The predicted molar refractivity (Wildman–Crippen MR) is 176 cm³/mol. The Morgan fingerprint density at radius 2 is 1.96 bits per heavy atom. The van der Waals surface area contributed by atoms with Crippen molar-refractivity contribution < 1.29 is 38.8 Å². The topological polar surface area (TPSA) is 116 Å². The van der Waals surface area contributed by atoms with Gasteiger partial charge in [0.2, 0.25) is 0 Å². The highest BCUT2D eigenvalue weighted by Gasteiger charge is 2.60. The molecular weight excluding hydrogens is 586 g/mol. The van der Waals surface area contributed by atoms with E-state index in [1.54, 1.807) is 20.1 Å². The summed E-state index contributed by atoms with van der Waals surface area (Å²) in [5.41, 5.74) is 2.54. The molecule has 1 aliphatic carbocycles. The second-order valence-electron chi connectivity index (χ2n) is 14.5. The van der Waals surface area contributed by atoms with Gasteiger partial charge in [-0.1, -0.05) is 74.9 Å². The minimum Gasteiger partial charge on any atom is -0.462 e. The first-order valence-electron chi connectivity index (χ1n) is 16.8. The number of carbonyl (C=O) groups excluding carboxylic acids is 1. The van der Waals surface area contributed by atoms with Crippen LogP contribution in [-0.4, -0.2) is 77.5 Å². The Labute approximate surface area is 274 Å². The first-order chi connectivity index (χ1) is 21.8. The maximum Gasteiger partial charge on any atom is 0.316 e. The van der Waals surface area contributed by atoms with Gasteiger partial charge in [0.1, 0.15) is 36.9 Å². The third kappa shape index (κ3) is 6.99. The molecule has 0 aromatic heterocycles. The van der Waals surface area contributed by atoms with Gasteiger partial charge < -0.3 is 34.0 Å². The summed E-state index contributed by atoms with van der Waals surface area (Å²) in [7, 11) is 1.55. The van der Waals surface area contributed by atoms with E-state index < -0.39 is 41.6 Å². The van der Waals surface area contributed by atoms with Crippen molar-refractivity contribution in [1.29, 1.82) is 0 Å². The van der Waals surface area contributed by atoms with Crippen LogP contribution in [0, 0.1) is 23.7 Å². The standard InChI is InChI=1S/C37H53NO8/c1-21(2)14-25(6)33-26(7)31(38-42-8)19-36(46-33)18-29-17-28(45-36)13-12-23(4)15-22(3)10-9-11-27-20-43-34-32(39)24(5)16-30(35(40)44-29)37(27,34)41/h9-12,14,16,21-22,26,28-30,32-34,39,41H,13,15,17-20H2,1-8H3/t22-,26-,28?,29-,30-,32+,33+,34+,36-,37+/m0/s1. The van der Waals surface area contributed by atoms with Crippen LogP contribution in [-0.2, 0) is 28.6 Å². The van der Waals surface area contributed by atoms with Gasteiger partial charge in [0.05, 0.1) is 24.5 Å². The molecule has 5 rings (SSSR count). The number of hydrogen-bond acceptors (Lipinski definition) is 9. The SMILES string of the molecule is CON=C1C[C@]2(C[C@@H]3CC(CC=C(C)C[C@@H](C)C=CC=C4CO[C@@H]5[C@H](O)C(C)=C[C@@H](C(=O)O3)[C@]45O)O2)O[C@H](C(C)=CC(C)C)[C@H]1C. The fourth-order valence-electron chi connectivity index (χ4n) is 7.94. The first-order valence-corrected chi connectivity index (χ1v) is 16.8. The summed E-state index contributed by atoms with van der Waals surface area (Å²) < 4.78 is 26.0. The van der Waals surface area contributed by atoms with Crippen molar-refractivity contribution in [1.82, 2.24) is 0 Å². The van der Waals surface area contributed by atoms with Crippen LogP contribution in [0.15, 0.2) is 63.9 Å². The summed E-state index contributed by atoms with van der Waals surface area (Å²) in [5.74, 6) is -2.15. The van der Waals surface area contributed by atoms with Gasteiger partial charge >= 0.3 is 5.97 Å². The number of ether oxygens (including phenoxy) is 4. The largest absolute Gasteiger partial charge is 0.462 e. The van der Waals surface area contributed by atoms with Gasteiger partial charge in [-0.15, -0.1) is 0 Å². The zero-order chi connectivity index (χ0) is 33.4. The lowest BCUT2D eigenvalue weighted by atomic mass is 9.71. The molecule has 9 nitrogen and oxygen atoms in total. The Morgan fingerprint density at radius 3 is 2.67 bits per heavy atom. The second kappa shape index (κ2) is 13.9. The van der Waals surface area contributed by atoms with Crippen LogP contribution in [0.1, 0.15) is 80.6 Å². The average molecular weight is 640 g/mol. The van der Waals surface area contributed by atoms with Crippen LogP contribution < -0.4 is 0 Å². The second-order valence-corrected chi connectivity index (χ2v) is 14.5. The number of allylic oxidation sites excluding steroid dienone is 5. The quantitative estimate of drug-likeness (QED) is 0.229. The van der Waals surface area contributed by atoms with Crippen molar-refractivity contribution in [2.24, 2.45) is 28.8 Å². The Hall–Kier alpha value is -2.56. The van der Waals surface area contributed by atoms with Gasteiger partial charge in [0.25, 0.3) is 0 Å². The Morgan fingerprint density at radius 1 is 1.20 bits per heavy atom. The van der Waals surface area contributed by atoms with Gasteiger partial charge in [-0.05, 0) is 62.2 Å². The number of carbonyl (C=O) groups is 1. The molecule has 9 heteroatoms. The molecule has 46 heavy (non-hydrogen) atoms. The Kier molecular flexibility index (Phi) is 10.5. The van der Waals surface area contributed by atoms with E-state index in [4.69, 9.17) is 23.8 Å². The van der Waals surface area contributed by atoms with Gasteiger partial charge in [-0.3, -0.25) is 4.79 Å². The van der Waals surface area contributed by atoms with Crippen LogP contribution in [0.3, 0.4) is 0 Å². The van der Waals surface area contributed by atoms with Crippen molar-refractivity contribution in [2.75, 3.05) is 13.7 Å². The van der Waals surface area contributed by atoms with E-state index in [-0.39, 0.29) is 30.7 Å². The molecule has 0 saturated carbocycles. The van der Waals surface area contributed by atoms with Crippen LogP contribution >= 0.6 is 0 Å². The highest BCUT2D eigenvalue weighted by atomic mass is 16.7. The molecule has 3 saturated heterocycles. The molecule has 0 amide bonds. The molecule has 1 unspecified atom stereocenters. The molecule has 4 aliphatic heterocycles. The van der Waals surface area contributed by atoms with E-state index in [1.165, 1.54) is 5.57 Å². The maximum atomic E-state index is 14.2. The average Bonchev–Trinajstić information content (AvgIpc) is 3.31. The van der Waals surface area contributed by atoms with E-state index in [2.05, 4.69) is 64.9 Å². The van der Waals surface area contributed by atoms with Crippen LogP contribution in [0.4, 0.5) is 0 Å². The van der Waals surface area contributed by atoms with Crippen molar-refractivity contribution in [2.45, 2.75) is 122 Å². The number of rotatable bonds is 3. The smallest absolute Gasteiger partial charge is 0.316 e.